The number of fused-ring (bicyclic) bond motifs is 8. The first-order chi connectivity index (χ1) is 36.6. The molecule has 2 fully saturated rings. The van der Waals surface area contributed by atoms with Crippen molar-refractivity contribution in [3.8, 4) is 39.1 Å². The van der Waals surface area contributed by atoms with Crippen molar-refractivity contribution in [3.63, 3.8) is 0 Å². The van der Waals surface area contributed by atoms with Crippen molar-refractivity contribution < 1.29 is 23.0 Å². The summed E-state index contributed by atoms with van der Waals surface area (Å²) in [6.45, 7) is 9.39. The Bertz CT molecular complexity index is 3430. The van der Waals surface area contributed by atoms with Crippen molar-refractivity contribution in [1.29, 1.82) is 0 Å². The number of unbranched alkanes of at least 4 members (excludes halogenated alkanes) is 2. The molecule has 0 radical (unpaired) electrons. The summed E-state index contributed by atoms with van der Waals surface area (Å²) < 4.78 is 44.8. The highest BCUT2D eigenvalue weighted by molar-refractivity contribution is 6.10. The zero-order chi connectivity index (χ0) is 51.3. The van der Waals surface area contributed by atoms with Gasteiger partial charge in [0.2, 0.25) is 0 Å². The van der Waals surface area contributed by atoms with Gasteiger partial charge in [-0.1, -0.05) is 150 Å². The molecule has 0 spiro atoms. The number of carbonyl (C=O) groups is 1. The summed E-state index contributed by atoms with van der Waals surface area (Å²) in [4.78, 5) is 16.0. The van der Waals surface area contributed by atoms with E-state index in [0.29, 0.717) is 47.3 Å². The van der Waals surface area contributed by atoms with E-state index in [0.717, 1.165) is 91.6 Å². The van der Waals surface area contributed by atoms with Crippen LogP contribution in [0.4, 0.5) is 20.2 Å². The first-order valence-electron chi connectivity index (χ1n) is 27.2. The third kappa shape index (κ3) is 9.03. The number of ether oxygens (including phenoxy) is 2. The smallest absolute Gasteiger partial charge is 0.255 e. The van der Waals surface area contributed by atoms with E-state index >= 15 is 8.78 Å². The van der Waals surface area contributed by atoms with Crippen LogP contribution < -0.4 is 15.0 Å². The average molecular weight is 995 g/mol. The molecular weight excluding hydrogens is 931 g/mol. The van der Waals surface area contributed by atoms with E-state index < -0.39 is 22.7 Å². The van der Waals surface area contributed by atoms with Gasteiger partial charge < -0.3 is 19.7 Å². The zero-order valence-corrected chi connectivity index (χ0v) is 43.2. The summed E-state index contributed by atoms with van der Waals surface area (Å²) >= 11 is 0. The molecule has 75 heavy (non-hydrogen) atoms. The predicted octanol–water partition coefficient (Wildman–Crippen LogP) is 17.1. The van der Waals surface area contributed by atoms with Crippen molar-refractivity contribution in [3.05, 3.63) is 214 Å². The second-order valence-electron chi connectivity index (χ2n) is 21.8. The van der Waals surface area contributed by atoms with Crippen molar-refractivity contribution >= 4 is 34.1 Å². The van der Waals surface area contributed by atoms with Crippen LogP contribution in [-0.4, -0.2) is 32.2 Å². The molecule has 8 aromatic carbocycles. The number of morpholine rings is 1. The number of rotatable bonds is 12. The van der Waals surface area contributed by atoms with Crippen LogP contribution in [0.25, 0.3) is 50.2 Å². The quantitative estimate of drug-likeness (QED) is 0.124. The number of halogens is 2. The Labute approximate surface area is 440 Å². The van der Waals surface area contributed by atoms with E-state index in [9.17, 15) is 4.79 Å². The van der Waals surface area contributed by atoms with Gasteiger partial charge >= 0.3 is 0 Å². The lowest BCUT2D eigenvalue weighted by Crippen LogP contribution is -2.37. The third-order valence-electron chi connectivity index (χ3n) is 16.9. The monoisotopic (exact) mass is 994 g/mol. The van der Waals surface area contributed by atoms with Crippen LogP contribution in [0.1, 0.15) is 122 Å². The van der Waals surface area contributed by atoms with Gasteiger partial charge in [0, 0.05) is 69.1 Å². The summed E-state index contributed by atoms with van der Waals surface area (Å²) in [6.07, 6.45) is 14.9. The first kappa shape index (κ1) is 48.6. The normalized spacial score (nSPS) is 19.5. The maximum atomic E-state index is 16.2. The maximum absolute atomic E-state index is 16.2. The second-order valence-corrected chi connectivity index (χ2v) is 21.8. The highest BCUT2D eigenvalue weighted by atomic mass is 19.1. The van der Waals surface area contributed by atoms with Crippen LogP contribution in [0.15, 0.2) is 164 Å². The Balaban J connectivity index is 0.827. The minimum absolute atomic E-state index is 0.185. The van der Waals surface area contributed by atoms with Crippen LogP contribution in [0.3, 0.4) is 0 Å². The number of nitrogens with one attached hydrogen (secondary N) is 1. The SMILES string of the molecule is CCCCC[C@H]1CC[C@H](c2ccc(-c3ccc(C(=O)Nc4ccc(-c5ccc6c7c(c8c(c6c5)-c5cc(F)cc(F)c5C8(C)C)C=CC(c5ccccc5)(c5ccc(N6CCOCC6)cc5)O7)cc4)cc3)cc2)CC1. The molecule has 2 aliphatic carbocycles. The maximum Gasteiger partial charge on any atom is 0.255 e. The lowest BCUT2D eigenvalue weighted by atomic mass is 9.76. The molecule has 1 atom stereocenters. The number of nitrogens with zero attached hydrogens (tertiary/aromatic N) is 1. The first-order valence-corrected chi connectivity index (χ1v) is 27.2. The number of anilines is 2. The van der Waals surface area contributed by atoms with Gasteiger partial charge in [-0.2, -0.15) is 0 Å². The van der Waals surface area contributed by atoms with E-state index in [1.54, 1.807) is 0 Å². The molecular formula is C68H64F2N2O3. The van der Waals surface area contributed by atoms with E-state index in [1.165, 1.54) is 63.0 Å². The topological polar surface area (TPSA) is 50.8 Å². The minimum Gasteiger partial charge on any atom is -0.472 e. The molecule has 12 rings (SSSR count). The van der Waals surface area contributed by atoms with Gasteiger partial charge in [0.15, 0.2) is 5.60 Å². The number of hydrogen-bond donors (Lipinski definition) is 1. The molecule has 2 aliphatic heterocycles. The molecule has 7 heteroatoms. The summed E-state index contributed by atoms with van der Waals surface area (Å²) in [5.74, 6) is 0.864. The standard InChI is InChI=1S/C68H64F2N2O3/c1-4-5-7-10-44-13-15-45(16-14-44)46-17-19-47(20-18-46)48-21-23-50(24-22-48)66(73)71-55-30-25-49(26-31-55)51-27-34-57-59(41-51)62-60-42-54(69)43-61(70)63(60)67(2,3)64(62)58-35-36-68(75-65(57)58,52-11-8-6-9-12-52)53-28-32-56(33-29-53)72-37-39-74-40-38-72/h6,8-9,11-12,17-36,41-45H,4-5,7,10,13-16,37-40H2,1-3H3,(H,71,73)/t44-,45-,68?. The van der Waals surface area contributed by atoms with Gasteiger partial charge in [-0.25, -0.2) is 8.78 Å². The van der Waals surface area contributed by atoms with Gasteiger partial charge in [-0.15, -0.1) is 0 Å². The van der Waals surface area contributed by atoms with Crippen molar-refractivity contribution in [1.82, 2.24) is 0 Å². The highest BCUT2D eigenvalue weighted by Gasteiger charge is 2.46. The van der Waals surface area contributed by atoms with E-state index in [2.05, 4.69) is 108 Å². The summed E-state index contributed by atoms with van der Waals surface area (Å²) in [6, 6.07) is 52.4. The van der Waals surface area contributed by atoms with Crippen molar-refractivity contribution in [2.24, 2.45) is 5.92 Å². The fourth-order valence-electron chi connectivity index (χ4n) is 12.9. The lowest BCUT2D eigenvalue weighted by Gasteiger charge is -2.38. The number of carbonyl (C=O) groups excluding carboxylic acids is 1. The summed E-state index contributed by atoms with van der Waals surface area (Å²) in [5, 5.41) is 4.78. The summed E-state index contributed by atoms with van der Waals surface area (Å²) in [5.41, 5.74) is 11.6. The molecule has 0 bridgehead atoms. The van der Waals surface area contributed by atoms with Crippen LogP contribution in [0, 0.1) is 17.6 Å². The van der Waals surface area contributed by atoms with Gasteiger partial charge in [0.1, 0.15) is 17.4 Å². The molecule has 1 saturated heterocycles. The molecule has 5 nitrogen and oxygen atoms in total. The molecule has 1 N–H and O–H groups in total. The second kappa shape index (κ2) is 20.1. The Kier molecular flexibility index (Phi) is 13.0. The van der Waals surface area contributed by atoms with E-state index in [-0.39, 0.29) is 5.91 Å². The Hall–Kier alpha value is -7.35. The highest BCUT2D eigenvalue weighted by Crippen LogP contribution is 2.59. The lowest BCUT2D eigenvalue weighted by molar-refractivity contribution is 0.102. The number of benzene rings is 8. The molecule has 1 saturated carbocycles. The fourth-order valence-corrected chi connectivity index (χ4v) is 12.9. The third-order valence-corrected chi connectivity index (χ3v) is 16.9. The molecule has 4 aliphatic rings. The van der Waals surface area contributed by atoms with Crippen LogP contribution in [0.2, 0.25) is 0 Å². The van der Waals surface area contributed by atoms with Gasteiger partial charge in [-0.3, -0.25) is 4.79 Å². The Morgan fingerprint density at radius 2 is 1.33 bits per heavy atom. The van der Waals surface area contributed by atoms with Gasteiger partial charge in [0.25, 0.3) is 5.91 Å². The van der Waals surface area contributed by atoms with Crippen LogP contribution in [0.5, 0.6) is 5.75 Å². The van der Waals surface area contributed by atoms with Crippen molar-refractivity contribution in [2.45, 2.75) is 89.1 Å². The molecule has 1 unspecified atom stereocenters. The van der Waals surface area contributed by atoms with Crippen molar-refractivity contribution in [2.75, 3.05) is 36.5 Å². The predicted molar refractivity (Wildman–Crippen MR) is 302 cm³/mol. The largest absolute Gasteiger partial charge is 0.472 e. The molecule has 378 valence electrons. The number of hydrogen-bond acceptors (Lipinski definition) is 4. The van der Waals surface area contributed by atoms with Gasteiger partial charge in [0.05, 0.1) is 13.2 Å². The molecule has 2 heterocycles. The molecule has 8 aromatic rings. The van der Waals surface area contributed by atoms with E-state index in [4.69, 9.17) is 9.47 Å². The van der Waals surface area contributed by atoms with E-state index in [1.807, 2.05) is 80.6 Å². The molecule has 1 amide bonds. The Morgan fingerprint density at radius 3 is 2.04 bits per heavy atom. The van der Waals surface area contributed by atoms with Crippen LogP contribution in [-0.2, 0) is 15.8 Å². The zero-order valence-electron chi connectivity index (χ0n) is 43.2. The fraction of sp³-hybridized carbons (Fsp3) is 0.279. The number of amides is 1. The minimum atomic E-state index is -0.995. The molecule has 0 aromatic heterocycles. The van der Waals surface area contributed by atoms with Gasteiger partial charge in [-0.05, 0) is 148 Å². The Morgan fingerprint density at radius 1 is 0.680 bits per heavy atom. The average Bonchev–Trinajstić information content (AvgIpc) is 3.75. The summed E-state index contributed by atoms with van der Waals surface area (Å²) in [7, 11) is 0. The van der Waals surface area contributed by atoms with Crippen LogP contribution >= 0.6 is 0 Å².